The monoisotopic (exact) mass is 1030 g/mol. The minimum absolute atomic E-state index is 0.0569. The third-order valence-electron chi connectivity index (χ3n) is 15.3. The summed E-state index contributed by atoms with van der Waals surface area (Å²) in [6.07, 6.45) is 3.71. The molecule has 0 saturated heterocycles. The molecule has 0 amide bonds. The molecule has 0 saturated carbocycles. The van der Waals surface area contributed by atoms with Crippen molar-refractivity contribution < 1.29 is 0 Å². The number of aromatic nitrogens is 3. The smallest absolute Gasteiger partial charge is 0.160 e. The number of rotatable bonds is 10. The molecule has 2 aromatic heterocycles. The van der Waals surface area contributed by atoms with Gasteiger partial charge in [-0.15, -0.1) is 0 Å². The van der Waals surface area contributed by atoms with E-state index in [-0.39, 0.29) is 21.7 Å². The molecule has 0 N–H and O–H groups in total. The van der Waals surface area contributed by atoms with Gasteiger partial charge in [-0.05, 0) is 130 Å². The van der Waals surface area contributed by atoms with Crippen LogP contribution in [-0.2, 0) is 28.1 Å². The van der Waals surface area contributed by atoms with Gasteiger partial charge in [-0.25, -0.2) is 9.97 Å². The van der Waals surface area contributed by atoms with Crippen molar-refractivity contribution in [1.29, 1.82) is 0 Å². The summed E-state index contributed by atoms with van der Waals surface area (Å²) in [7, 11) is 0. The predicted molar refractivity (Wildman–Crippen MR) is 333 cm³/mol. The highest BCUT2D eigenvalue weighted by Gasteiger charge is 2.32. The summed E-state index contributed by atoms with van der Waals surface area (Å²) in [6.45, 7) is 27.2. The Bertz CT molecular complexity index is 3510. The van der Waals surface area contributed by atoms with E-state index in [0.29, 0.717) is 5.82 Å². The van der Waals surface area contributed by atoms with Gasteiger partial charge in [0.05, 0.1) is 51.0 Å². The van der Waals surface area contributed by atoms with Gasteiger partial charge in [0, 0.05) is 50.9 Å². The van der Waals surface area contributed by atoms with Gasteiger partial charge in [0.1, 0.15) is 0 Å². The Hall–Kier alpha value is -8.53. The zero-order valence-electron chi connectivity index (χ0n) is 48.1. The van der Waals surface area contributed by atoms with E-state index in [1.807, 2.05) is 6.07 Å². The summed E-state index contributed by atoms with van der Waals surface area (Å²) in [5.41, 5.74) is 19.1. The van der Waals surface area contributed by atoms with Crippen molar-refractivity contribution in [2.75, 3.05) is 9.80 Å². The van der Waals surface area contributed by atoms with E-state index >= 15 is 0 Å². The van der Waals surface area contributed by atoms with Crippen molar-refractivity contribution >= 4 is 56.9 Å². The predicted octanol–water partition coefficient (Wildman–Crippen LogP) is 19.8. The first kappa shape index (κ1) is 52.5. The fraction of sp³-hybridized carbons (Fsp3) is 0.247. The minimum Gasteiger partial charge on any atom is -0.308 e. The molecule has 0 spiro atoms. The molecule has 11 rings (SSSR count). The quantitative estimate of drug-likeness (QED) is 0.137. The third-order valence-corrected chi connectivity index (χ3v) is 15.3. The molecule has 3 heterocycles. The van der Waals surface area contributed by atoms with Crippen LogP contribution in [0.3, 0.4) is 0 Å². The average Bonchev–Trinajstić information content (AvgIpc) is 4.03. The summed E-state index contributed by atoms with van der Waals surface area (Å²) < 4.78 is 2.52. The Morgan fingerprint density at radius 1 is 0.443 bits per heavy atom. The van der Waals surface area contributed by atoms with E-state index in [9.17, 15) is 0 Å². The lowest BCUT2D eigenvalue weighted by Crippen LogP contribution is -2.20. The molecule has 0 bridgehead atoms. The van der Waals surface area contributed by atoms with Crippen LogP contribution in [0.1, 0.15) is 117 Å². The number of benzene rings is 7. The third kappa shape index (κ3) is 10.5. The van der Waals surface area contributed by atoms with Gasteiger partial charge in [0.2, 0.25) is 0 Å². The van der Waals surface area contributed by atoms with E-state index in [1.165, 1.54) is 16.7 Å². The highest BCUT2D eigenvalue weighted by Crippen LogP contribution is 2.52. The van der Waals surface area contributed by atoms with Crippen molar-refractivity contribution in [3.8, 4) is 39.6 Å². The SMILES string of the molecule is CC(C)(C)c1c#cc(N(c2ccc(C(C)(C)C)cc2)c2cc(-c3cc(-c4ccccc4)nc(-c4ccccc4)n3)cc(N(c3ccc(C(C)(C)C)cc3)c3ccc(C(C)(C)C)cc3)c2-n2c3c(c4ccccc42)N=CCC3)cc1. The Labute approximate surface area is 469 Å². The van der Waals surface area contributed by atoms with Crippen molar-refractivity contribution in [2.45, 2.75) is 118 Å². The summed E-state index contributed by atoms with van der Waals surface area (Å²) in [5, 5.41) is 1.11. The zero-order chi connectivity index (χ0) is 55.4. The Morgan fingerprint density at radius 3 is 1.43 bits per heavy atom. The van der Waals surface area contributed by atoms with Gasteiger partial charge < -0.3 is 14.4 Å². The van der Waals surface area contributed by atoms with Crippen LogP contribution < -0.4 is 9.80 Å². The van der Waals surface area contributed by atoms with Crippen LogP contribution >= 0.6 is 0 Å². The molecule has 394 valence electrons. The molecule has 1 aliphatic heterocycles. The minimum atomic E-state index is -0.137. The molecular weight excluding hydrogens is 961 g/mol. The molecule has 6 nitrogen and oxygen atoms in total. The summed E-state index contributed by atoms with van der Waals surface area (Å²) in [5.74, 6) is 0.648. The second-order valence-electron chi connectivity index (χ2n) is 25.2. The van der Waals surface area contributed by atoms with Gasteiger partial charge >= 0.3 is 0 Å². The van der Waals surface area contributed by atoms with E-state index < -0.39 is 0 Å². The van der Waals surface area contributed by atoms with Crippen LogP contribution in [0, 0.1) is 12.1 Å². The lowest BCUT2D eigenvalue weighted by atomic mass is 9.86. The topological polar surface area (TPSA) is 49.6 Å². The van der Waals surface area contributed by atoms with Crippen LogP contribution in [0.4, 0.5) is 39.8 Å². The van der Waals surface area contributed by atoms with Crippen LogP contribution in [0.25, 0.3) is 50.5 Å². The van der Waals surface area contributed by atoms with E-state index in [2.05, 4.69) is 298 Å². The molecule has 1 aliphatic rings. The highest BCUT2D eigenvalue weighted by atomic mass is 15.2. The molecule has 10 aromatic rings. The molecule has 0 unspecified atom stereocenters. The fourth-order valence-electron chi connectivity index (χ4n) is 10.8. The Morgan fingerprint density at radius 2 is 0.924 bits per heavy atom. The first-order valence-electron chi connectivity index (χ1n) is 27.9. The zero-order valence-corrected chi connectivity index (χ0v) is 48.1. The van der Waals surface area contributed by atoms with Gasteiger partial charge in [0.15, 0.2) is 5.82 Å². The highest BCUT2D eigenvalue weighted by molar-refractivity contribution is 6.02. The number of nitrogens with zero attached hydrogens (tertiary/aromatic N) is 6. The summed E-state index contributed by atoms with van der Waals surface area (Å²) in [6, 6.07) is 75.8. The van der Waals surface area contributed by atoms with Crippen LogP contribution in [0.15, 0.2) is 193 Å². The first-order valence-corrected chi connectivity index (χ1v) is 27.9. The summed E-state index contributed by atoms with van der Waals surface area (Å²) in [4.78, 5) is 20.9. The number of fused-ring (bicyclic) bond motifs is 3. The standard InChI is InChI=1S/C73H72N6/c1-70(2,3)52-29-37-56(38-30-52)77(57-39-31-53(32-40-57)71(4,5)6)65-46-51(62-48-61(49-22-15-13-16-23-49)75-69(76-62)50-24-17-14-18-25-50)47-66(68(65)79-63-27-20-19-26-60(63)67-64(79)28-21-45-74-67)78(58-41-33-54(34-42-58)72(7,8)9)59-43-35-55(36-44-59)73(10,11)12/h13-20,22-27,29-35,37-43,45-48H,21,28H2,1-12H3. The molecule has 6 heteroatoms. The maximum absolute atomic E-state index is 5.57. The fourth-order valence-corrected chi connectivity index (χ4v) is 10.8. The van der Waals surface area contributed by atoms with Gasteiger partial charge in [0.25, 0.3) is 0 Å². The summed E-state index contributed by atoms with van der Waals surface area (Å²) >= 11 is 0. The second kappa shape index (κ2) is 20.4. The van der Waals surface area contributed by atoms with Crippen LogP contribution in [0.5, 0.6) is 0 Å². The van der Waals surface area contributed by atoms with Crippen molar-refractivity contribution in [2.24, 2.45) is 4.99 Å². The molecule has 0 aliphatic carbocycles. The van der Waals surface area contributed by atoms with Gasteiger partial charge in [-0.2, -0.15) is 0 Å². The Balaban J connectivity index is 1.34. The Kier molecular flexibility index (Phi) is 13.5. The van der Waals surface area contributed by atoms with Crippen molar-refractivity contribution in [1.82, 2.24) is 14.5 Å². The maximum Gasteiger partial charge on any atom is 0.160 e. The first-order chi connectivity index (χ1) is 37.7. The number of hydrogen-bond donors (Lipinski definition) is 0. The molecular formula is C73H72N6. The number of anilines is 6. The van der Waals surface area contributed by atoms with Crippen LogP contribution in [0.2, 0.25) is 0 Å². The number of aliphatic imine (C=N–C) groups is 1. The largest absolute Gasteiger partial charge is 0.308 e. The molecule has 0 atom stereocenters. The van der Waals surface area contributed by atoms with Gasteiger partial charge in [-0.1, -0.05) is 204 Å². The molecule has 0 fully saturated rings. The molecule has 0 radical (unpaired) electrons. The second-order valence-corrected chi connectivity index (χ2v) is 25.2. The van der Waals surface area contributed by atoms with E-state index in [4.69, 9.17) is 15.0 Å². The number of para-hydroxylation sites is 1. The molecule has 8 aromatic carbocycles. The van der Waals surface area contributed by atoms with Gasteiger partial charge in [-0.3, -0.25) is 4.99 Å². The average molecular weight is 1030 g/mol. The lowest BCUT2D eigenvalue weighted by Gasteiger charge is -2.35. The van der Waals surface area contributed by atoms with E-state index in [0.717, 1.165) is 109 Å². The van der Waals surface area contributed by atoms with Crippen molar-refractivity contribution in [3.63, 3.8) is 0 Å². The molecule has 79 heavy (non-hydrogen) atoms. The normalized spacial score (nSPS) is 12.8. The maximum atomic E-state index is 5.57. The van der Waals surface area contributed by atoms with Crippen LogP contribution in [-0.4, -0.2) is 20.7 Å². The van der Waals surface area contributed by atoms with Crippen molar-refractivity contribution in [3.05, 3.63) is 228 Å². The lowest BCUT2D eigenvalue weighted by molar-refractivity contribution is 0.590. The van der Waals surface area contributed by atoms with E-state index in [1.54, 1.807) is 0 Å². The number of hydrogen-bond acceptors (Lipinski definition) is 5.